The Balaban J connectivity index is 1.60. The number of benzene rings is 1. The Labute approximate surface area is 133 Å². The highest BCUT2D eigenvalue weighted by Gasteiger charge is 2.21. The van der Waals surface area contributed by atoms with Crippen molar-refractivity contribution in [2.24, 2.45) is 11.8 Å². The fourth-order valence-corrected chi connectivity index (χ4v) is 2.89. The molecular formula is C18H28N2O2. The molecule has 0 bridgehead atoms. The molecule has 2 atom stereocenters. The quantitative estimate of drug-likeness (QED) is 0.761. The average Bonchev–Trinajstić information content (AvgIpc) is 2.54. The number of carbonyl (C=O) groups excluding carboxylic acids is 1. The molecule has 22 heavy (non-hydrogen) atoms. The molecule has 1 aromatic carbocycles. The number of ether oxygens (including phenoxy) is 1. The summed E-state index contributed by atoms with van der Waals surface area (Å²) in [5.74, 6) is 2.04. The van der Waals surface area contributed by atoms with Gasteiger partial charge in [-0.05, 0) is 56.8 Å². The third-order valence-electron chi connectivity index (χ3n) is 4.36. The normalized spacial score (nSPS) is 19.5. The summed E-state index contributed by atoms with van der Waals surface area (Å²) < 4.78 is 5.61. The van der Waals surface area contributed by atoms with Crippen molar-refractivity contribution in [2.75, 3.05) is 26.2 Å². The molecule has 2 rings (SSSR count). The molecule has 0 spiro atoms. The SMILES string of the molecule is Cc1ccc(OCCNC(=O)CC(C)C2CCCNC2)cc1. The van der Waals surface area contributed by atoms with E-state index in [4.69, 9.17) is 4.74 Å². The molecule has 2 unspecified atom stereocenters. The van der Waals surface area contributed by atoms with Crippen LogP contribution in [-0.4, -0.2) is 32.1 Å². The second-order valence-electron chi connectivity index (χ2n) is 6.30. The molecular weight excluding hydrogens is 276 g/mol. The van der Waals surface area contributed by atoms with Crippen molar-refractivity contribution in [3.63, 3.8) is 0 Å². The number of hydrogen-bond acceptors (Lipinski definition) is 3. The van der Waals surface area contributed by atoms with E-state index in [0.29, 0.717) is 31.4 Å². The van der Waals surface area contributed by atoms with Crippen molar-refractivity contribution >= 4 is 5.91 Å². The third-order valence-corrected chi connectivity index (χ3v) is 4.36. The summed E-state index contributed by atoms with van der Waals surface area (Å²) in [5.41, 5.74) is 1.21. The standard InChI is InChI=1S/C18H28N2O2/c1-14-5-7-17(8-6-14)22-11-10-20-18(21)12-15(2)16-4-3-9-19-13-16/h5-8,15-16,19H,3-4,9-13H2,1-2H3,(H,20,21). The van der Waals surface area contributed by atoms with Gasteiger partial charge in [0.15, 0.2) is 0 Å². The predicted octanol–water partition coefficient (Wildman–Crippen LogP) is 2.52. The molecule has 1 heterocycles. The molecule has 0 saturated carbocycles. The number of amides is 1. The van der Waals surface area contributed by atoms with Crippen molar-refractivity contribution in [1.82, 2.24) is 10.6 Å². The van der Waals surface area contributed by atoms with E-state index in [-0.39, 0.29) is 5.91 Å². The summed E-state index contributed by atoms with van der Waals surface area (Å²) in [7, 11) is 0. The number of rotatable bonds is 7. The Bertz CT molecular complexity index is 453. The number of hydrogen-bond donors (Lipinski definition) is 2. The van der Waals surface area contributed by atoms with Gasteiger partial charge in [0.25, 0.3) is 0 Å². The third kappa shape index (κ3) is 5.68. The highest BCUT2D eigenvalue weighted by atomic mass is 16.5. The zero-order valence-electron chi connectivity index (χ0n) is 13.7. The fraction of sp³-hybridized carbons (Fsp3) is 0.611. The summed E-state index contributed by atoms with van der Waals surface area (Å²) >= 11 is 0. The summed E-state index contributed by atoms with van der Waals surface area (Å²) in [6.07, 6.45) is 3.07. The molecule has 4 nitrogen and oxygen atoms in total. The van der Waals surface area contributed by atoms with Crippen LogP contribution in [-0.2, 0) is 4.79 Å². The lowest BCUT2D eigenvalue weighted by atomic mass is 9.85. The maximum Gasteiger partial charge on any atom is 0.220 e. The summed E-state index contributed by atoms with van der Waals surface area (Å²) in [6, 6.07) is 7.95. The monoisotopic (exact) mass is 304 g/mol. The van der Waals surface area contributed by atoms with E-state index in [1.807, 2.05) is 31.2 Å². The van der Waals surface area contributed by atoms with Crippen LogP contribution in [0.5, 0.6) is 5.75 Å². The maximum atomic E-state index is 12.0. The second-order valence-corrected chi connectivity index (χ2v) is 6.30. The zero-order valence-corrected chi connectivity index (χ0v) is 13.7. The van der Waals surface area contributed by atoms with E-state index in [1.54, 1.807) is 0 Å². The van der Waals surface area contributed by atoms with Crippen molar-refractivity contribution in [2.45, 2.75) is 33.1 Å². The van der Waals surface area contributed by atoms with Crippen LogP contribution in [0, 0.1) is 18.8 Å². The van der Waals surface area contributed by atoms with Crippen molar-refractivity contribution in [1.29, 1.82) is 0 Å². The zero-order chi connectivity index (χ0) is 15.8. The lowest BCUT2D eigenvalue weighted by Gasteiger charge is -2.28. The molecule has 4 heteroatoms. The maximum absolute atomic E-state index is 12.0. The van der Waals surface area contributed by atoms with E-state index >= 15 is 0 Å². The molecule has 122 valence electrons. The van der Waals surface area contributed by atoms with Gasteiger partial charge in [0.05, 0.1) is 6.54 Å². The van der Waals surface area contributed by atoms with E-state index in [2.05, 4.69) is 17.6 Å². The largest absolute Gasteiger partial charge is 0.492 e. The Morgan fingerprint density at radius 3 is 2.86 bits per heavy atom. The van der Waals surface area contributed by atoms with Crippen molar-refractivity contribution in [3.8, 4) is 5.75 Å². The van der Waals surface area contributed by atoms with Crippen LogP contribution in [0.4, 0.5) is 0 Å². The van der Waals surface area contributed by atoms with Crippen molar-refractivity contribution < 1.29 is 9.53 Å². The fourth-order valence-electron chi connectivity index (χ4n) is 2.89. The Kier molecular flexibility index (Phi) is 6.72. The first-order valence-corrected chi connectivity index (χ1v) is 8.32. The molecule has 2 N–H and O–H groups in total. The van der Waals surface area contributed by atoms with Crippen LogP contribution in [0.1, 0.15) is 31.7 Å². The van der Waals surface area contributed by atoms with Crippen LogP contribution >= 0.6 is 0 Å². The first kappa shape index (κ1) is 16.8. The number of nitrogens with one attached hydrogen (secondary N) is 2. The Morgan fingerprint density at radius 2 is 2.18 bits per heavy atom. The van der Waals surface area contributed by atoms with Crippen LogP contribution < -0.4 is 15.4 Å². The highest BCUT2D eigenvalue weighted by Crippen LogP contribution is 2.22. The van der Waals surface area contributed by atoms with Gasteiger partial charge in [-0.25, -0.2) is 0 Å². The molecule has 0 radical (unpaired) electrons. The van der Waals surface area contributed by atoms with Gasteiger partial charge in [0.1, 0.15) is 12.4 Å². The van der Waals surface area contributed by atoms with E-state index < -0.39 is 0 Å². The van der Waals surface area contributed by atoms with E-state index in [0.717, 1.165) is 18.8 Å². The Hall–Kier alpha value is -1.55. The molecule has 0 aliphatic carbocycles. The van der Waals surface area contributed by atoms with Gasteiger partial charge < -0.3 is 15.4 Å². The van der Waals surface area contributed by atoms with Crippen LogP contribution in [0.15, 0.2) is 24.3 Å². The first-order chi connectivity index (χ1) is 10.6. The number of piperidine rings is 1. The topological polar surface area (TPSA) is 50.4 Å². The minimum absolute atomic E-state index is 0.130. The minimum atomic E-state index is 0.130. The summed E-state index contributed by atoms with van der Waals surface area (Å²) in [6.45, 7) is 7.46. The molecule has 0 aromatic heterocycles. The van der Waals surface area contributed by atoms with E-state index in [9.17, 15) is 4.79 Å². The van der Waals surface area contributed by atoms with Gasteiger partial charge in [-0.2, -0.15) is 0 Å². The van der Waals surface area contributed by atoms with Gasteiger partial charge in [-0.1, -0.05) is 24.6 Å². The smallest absolute Gasteiger partial charge is 0.220 e. The molecule has 1 aromatic rings. The Morgan fingerprint density at radius 1 is 1.41 bits per heavy atom. The molecule has 1 aliphatic rings. The van der Waals surface area contributed by atoms with Crippen LogP contribution in [0.2, 0.25) is 0 Å². The van der Waals surface area contributed by atoms with Gasteiger partial charge >= 0.3 is 0 Å². The van der Waals surface area contributed by atoms with Crippen molar-refractivity contribution in [3.05, 3.63) is 29.8 Å². The van der Waals surface area contributed by atoms with Crippen LogP contribution in [0.3, 0.4) is 0 Å². The molecule has 1 aliphatic heterocycles. The van der Waals surface area contributed by atoms with Crippen LogP contribution in [0.25, 0.3) is 0 Å². The predicted molar refractivity (Wildman–Crippen MR) is 89.1 cm³/mol. The molecule has 1 fully saturated rings. The average molecular weight is 304 g/mol. The lowest BCUT2D eigenvalue weighted by Crippen LogP contribution is -2.36. The lowest BCUT2D eigenvalue weighted by molar-refractivity contribution is -0.122. The van der Waals surface area contributed by atoms with Gasteiger partial charge in [0, 0.05) is 6.42 Å². The summed E-state index contributed by atoms with van der Waals surface area (Å²) in [4.78, 5) is 12.0. The van der Waals surface area contributed by atoms with Gasteiger partial charge in [-0.15, -0.1) is 0 Å². The molecule has 1 amide bonds. The second kappa shape index (κ2) is 8.79. The summed E-state index contributed by atoms with van der Waals surface area (Å²) in [5, 5.41) is 6.36. The minimum Gasteiger partial charge on any atom is -0.492 e. The van der Waals surface area contributed by atoms with Gasteiger partial charge in [0.2, 0.25) is 5.91 Å². The molecule has 1 saturated heterocycles. The van der Waals surface area contributed by atoms with E-state index in [1.165, 1.54) is 18.4 Å². The highest BCUT2D eigenvalue weighted by molar-refractivity contribution is 5.76. The number of aryl methyl sites for hydroxylation is 1. The first-order valence-electron chi connectivity index (χ1n) is 8.32. The van der Waals surface area contributed by atoms with Gasteiger partial charge in [-0.3, -0.25) is 4.79 Å². The number of carbonyl (C=O) groups is 1.